The lowest BCUT2D eigenvalue weighted by Crippen LogP contribution is -2.37. The lowest BCUT2D eigenvalue weighted by molar-refractivity contribution is -0.303. The number of aromatic carboxylic acids is 1. The van der Waals surface area contributed by atoms with E-state index in [9.17, 15) is 19.8 Å². The number of carboxylic acids is 2. The number of carbonyl (C=O) groups is 2. The van der Waals surface area contributed by atoms with Crippen LogP contribution in [0.2, 0.25) is 0 Å². The highest BCUT2D eigenvalue weighted by molar-refractivity contribution is 5.93. The van der Waals surface area contributed by atoms with Crippen LogP contribution in [0, 0.1) is 0 Å². The van der Waals surface area contributed by atoms with Crippen LogP contribution in [-0.4, -0.2) is 25.5 Å². The average molecular weight is 207 g/mol. The van der Waals surface area contributed by atoms with Crippen molar-refractivity contribution in [3.05, 3.63) is 29.8 Å². The van der Waals surface area contributed by atoms with Gasteiger partial charge in [-0.05, 0) is 6.07 Å². The summed E-state index contributed by atoms with van der Waals surface area (Å²) in [4.78, 5) is 22.3. The van der Waals surface area contributed by atoms with Gasteiger partial charge in [-0.1, -0.05) is 18.2 Å². The molecule has 0 saturated heterocycles. The average Bonchev–Trinajstić information content (AvgIpc) is 2.16. The van der Waals surface area contributed by atoms with Gasteiger partial charge in [-0.15, -0.1) is 0 Å². The van der Waals surface area contributed by atoms with Crippen molar-refractivity contribution in [1.82, 2.24) is 0 Å². The number of hydrogen-bond donors (Lipinski definition) is 0. The van der Waals surface area contributed by atoms with Gasteiger partial charge in [0.25, 0.3) is 0 Å². The number of hydrogen-bond acceptors (Lipinski definition) is 5. The summed E-state index contributed by atoms with van der Waals surface area (Å²) in [5, 5.41) is 21.1. The quantitative estimate of drug-likeness (QED) is 0.583. The monoisotopic (exact) mass is 207 g/mol. The first-order chi connectivity index (χ1) is 7.02. The number of carbonyl (C=O) groups excluding carboxylic acids is 2. The second-order valence-corrected chi connectivity index (χ2v) is 3.03. The molecule has 15 heavy (non-hydrogen) atoms. The summed E-state index contributed by atoms with van der Waals surface area (Å²) in [6.45, 7) is -0.371. The van der Waals surface area contributed by atoms with Crippen LogP contribution in [0.4, 0.5) is 5.69 Å². The number of aliphatic carboxylic acids is 1. The molecule has 80 valence electrons. The Morgan fingerprint density at radius 1 is 1.27 bits per heavy atom. The minimum atomic E-state index is -1.34. The number of carboxylic acid groups (broad SMARTS) is 2. The molecule has 5 heteroatoms. The Kier molecular flexibility index (Phi) is 3.28. The highest BCUT2D eigenvalue weighted by atomic mass is 16.4. The van der Waals surface area contributed by atoms with Crippen molar-refractivity contribution >= 4 is 17.6 Å². The number of para-hydroxylation sites is 1. The Hall–Kier alpha value is -2.04. The number of benzene rings is 1. The van der Waals surface area contributed by atoms with E-state index in [1.807, 2.05) is 0 Å². The molecular weight excluding hydrogens is 198 g/mol. The number of anilines is 1. The molecule has 0 atom stereocenters. The predicted molar refractivity (Wildman–Crippen MR) is 49.0 cm³/mol. The number of rotatable bonds is 4. The molecular formula is C10H9NO4-2. The second-order valence-electron chi connectivity index (χ2n) is 3.03. The maximum Gasteiger partial charge on any atom is 0.0736 e. The summed E-state index contributed by atoms with van der Waals surface area (Å²) < 4.78 is 0. The lowest BCUT2D eigenvalue weighted by atomic mass is 10.1. The molecule has 0 bridgehead atoms. The third kappa shape index (κ3) is 2.70. The first-order valence-corrected chi connectivity index (χ1v) is 4.23. The molecule has 0 fully saturated rings. The zero-order valence-electron chi connectivity index (χ0n) is 8.10. The van der Waals surface area contributed by atoms with Crippen molar-refractivity contribution in [2.24, 2.45) is 0 Å². The summed E-state index contributed by atoms with van der Waals surface area (Å²) in [6, 6.07) is 6.03. The van der Waals surface area contributed by atoms with Gasteiger partial charge in [0.2, 0.25) is 0 Å². The molecule has 1 aromatic carbocycles. The minimum absolute atomic E-state index is 0.0405. The van der Waals surface area contributed by atoms with E-state index in [1.165, 1.54) is 24.1 Å². The molecule has 0 unspecified atom stereocenters. The van der Waals surface area contributed by atoms with E-state index in [4.69, 9.17) is 0 Å². The molecule has 5 nitrogen and oxygen atoms in total. The van der Waals surface area contributed by atoms with Crippen LogP contribution in [0.15, 0.2) is 24.3 Å². The predicted octanol–water partition coefficient (Wildman–Crippen LogP) is -1.76. The zero-order chi connectivity index (χ0) is 11.4. The van der Waals surface area contributed by atoms with Crippen LogP contribution in [-0.2, 0) is 4.79 Å². The Morgan fingerprint density at radius 2 is 1.87 bits per heavy atom. The Labute approximate surface area is 86.6 Å². The molecule has 0 N–H and O–H groups in total. The smallest absolute Gasteiger partial charge is 0.0736 e. The maximum absolute atomic E-state index is 10.7. The van der Waals surface area contributed by atoms with Gasteiger partial charge in [-0.25, -0.2) is 0 Å². The molecule has 0 aliphatic carbocycles. The van der Waals surface area contributed by atoms with E-state index >= 15 is 0 Å². The molecule has 0 amide bonds. The summed E-state index contributed by atoms with van der Waals surface area (Å²) >= 11 is 0. The minimum Gasteiger partial charge on any atom is -0.548 e. The van der Waals surface area contributed by atoms with Crippen LogP contribution < -0.4 is 15.1 Å². The topological polar surface area (TPSA) is 83.5 Å². The van der Waals surface area contributed by atoms with E-state index in [0.29, 0.717) is 5.69 Å². The highest BCUT2D eigenvalue weighted by Gasteiger charge is 2.07. The van der Waals surface area contributed by atoms with Crippen LogP contribution >= 0.6 is 0 Å². The largest absolute Gasteiger partial charge is 0.548 e. The molecule has 0 aliphatic heterocycles. The van der Waals surface area contributed by atoms with E-state index in [0.717, 1.165) is 0 Å². The fourth-order valence-electron chi connectivity index (χ4n) is 1.26. The van der Waals surface area contributed by atoms with Crippen molar-refractivity contribution in [3.8, 4) is 0 Å². The molecule has 1 aromatic rings. The maximum atomic E-state index is 10.7. The van der Waals surface area contributed by atoms with Crippen molar-refractivity contribution in [3.63, 3.8) is 0 Å². The van der Waals surface area contributed by atoms with Gasteiger partial charge in [0.05, 0.1) is 18.5 Å². The first kappa shape index (κ1) is 11.0. The third-order valence-electron chi connectivity index (χ3n) is 1.90. The van der Waals surface area contributed by atoms with Gasteiger partial charge in [-0.3, -0.25) is 0 Å². The molecule has 0 aliphatic rings. The molecule has 0 spiro atoms. The Bertz CT molecular complexity index is 389. The van der Waals surface area contributed by atoms with E-state index in [2.05, 4.69) is 0 Å². The zero-order valence-corrected chi connectivity index (χ0v) is 8.10. The first-order valence-electron chi connectivity index (χ1n) is 4.23. The van der Waals surface area contributed by atoms with E-state index < -0.39 is 11.9 Å². The summed E-state index contributed by atoms with van der Waals surface area (Å²) in [7, 11) is 1.47. The molecule has 0 radical (unpaired) electrons. The van der Waals surface area contributed by atoms with Gasteiger partial charge in [0.15, 0.2) is 0 Å². The van der Waals surface area contributed by atoms with Gasteiger partial charge in [0, 0.05) is 18.3 Å². The van der Waals surface area contributed by atoms with Gasteiger partial charge >= 0.3 is 0 Å². The van der Waals surface area contributed by atoms with E-state index in [1.54, 1.807) is 12.1 Å². The molecule has 0 aromatic heterocycles. The second kappa shape index (κ2) is 4.45. The lowest BCUT2D eigenvalue weighted by Gasteiger charge is -2.23. The molecule has 0 heterocycles. The van der Waals surface area contributed by atoms with Crippen molar-refractivity contribution in [1.29, 1.82) is 0 Å². The number of nitrogens with zero attached hydrogens (tertiary/aromatic N) is 1. The number of likely N-dealkylation sites (N-methyl/N-ethyl adjacent to an activating group) is 1. The highest BCUT2D eigenvalue weighted by Crippen LogP contribution is 2.17. The van der Waals surface area contributed by atoms with Crippen LogP contribution in [0.3, 0.4) is 0 Å². The van der Waals surface area contributed by atoms with Gasteiger partial charge in [0.1, 0.15) is 0 Å². The molecule has 0 saturated carbocycles. The normalized spacial score (nSPS) is 9.67. The fraction of sp³-hybridized carbons (Fsp3) is 0.200. The van der Waals surface area contributed by atoms with Gasteiger partial charge in [-0.2, -0.15) is 0 Å². The molecule has 1 rings (SSSR count). The van der Waals surface area contributed by atoms with E-state index in [-0.39, 0.29) is 12.1 Å². The fourth-order valence-corrected chi connectivity index (χ4v) is 1.26. The van der Waals surface area contributed by atoms with Crippen LogP contribution in [0.1, 0.15) is 10.4 Å². The van der Waals surface area contributed by atoms with Crippen molar-refractivity contribution in [2.75, 3.05) is 18.5 Å². The van der Waals surface area contributed by atoms with Gasteiger partial charge < -0.3 is 24.7 Å². The van der Waals surface area contributed by atoms with Crippen molar-refractivity contribution < 1.29 is 19.8 Å². The third-order valence-corrected chi connectivity index (χ3v) is 1.90. The van der Waals surface area contributed by atoms with Crippen LogP contribution in [0.25, 0.3) is 0 Å². The Balaban J connectivity index is 3.02. The summed E-state index contributed by atoms with van der Waals surface area (Å²) in [5.74, 6) is -2.61. The summed E-state index contributed by atoms with van der Waals surface area (Å²) in [6.07, 6.45) is 0. The van der Waals surface area contributed by atoms with Crippen molar-refractivity contribution in [2.45, 2.75) is 0 Å². The SMILES string of the molecule is CN(CC(=O)[O-])c1ccccc1C(=O)[O-]. The summed E-state index contributed by atoms with van der Waals surface area (Å²) in [5.41, 5.74) is 0.253. The van der Waals surface area contributed by atoms with Crippen LogP contribution in [0.5, 0.6) is 0 Å². The standard InChI is InChI=1S/C10H11NO4/c1-11(6-9(12)13)8-5-3-2-4-7(8)10(14)15/h2-5H,6H2,1H3,(H,12,13)(H,14,15)/p-2. The Morgan fingerprint density at radius 3 is 2.40 bits per heavy atom.